The molecule has 23 heavy (non-hydrogen) atoms. The minimum atomic E-state index is -0.293. The summed E-state index contributed by atoms with van der Waals surface area (Å²) >= 11 is 0. The summed E-state index contributed by atoms with van der Waals surface area (Å²) in [4.78, 5) is 21.0. The van der Waals surface area contributed by atoms with Crippen molar-refractivity contribution in [3.63, 3.8) is 0 Å². The predicted octanol–water partition coefficient (Wildman–Crippen LogP) is 3.26. The Balaban J connectivity index is 2.15. The summed E-state index contributed by atoms with van der Waals surface area (Å²) in [6, 6.07) is 8.92. The number of aromatic nitrogens is 2. The molecule has 0 aliphatic heterocycles. The molecule has 2 N–H and O–H groups in total. The van der Waals surface area contributed by atoms with Gasteiger partial charge in [0.05, 0.1) is 12.8 Å². The van der Waals surface area contributed by atoms with Crippen molar-refractivity contribution in [3.8, 4) is 5.75 Å². The van der Waals surface area contributed by atoms with Gasteiger partial charge in [0.25, 0.3) is 5.91 Å². The monoisotopic (exact) mass is 314 g/mol. The maximum absolute atomic E-state index is 12.4. The van der Waals surface area contributed by atoms with Crippen LogP contribution in [0.15, 0.2) is 30.3 Å². The first-order valence-corrected chi connectivity index (χ1v) is 7.68. The third-order valence-corrected chi connectivity index (χ3v) is 3.26. The maximum Gasteiger partial charge on any atom is 0.274 e. The molecule has 0 bridgehead atoms. The lowest BCUT2D eigenvalue weighted by Gasteiger charge is -2.11. The fraction of sp³-hybridized carbons (Fsp3) is 0.353. The van der Waals surface area contributed by atoms with Gasteiger partial charge in [0, 0.05) is 12.2 Å². The molecule has 1 aromatic carbocycles. The van der Waals surface area contributed by atoms with Crippen molar-refractivity contribution in [1.29, 1.82) is 0 Å². The van der Waals surface area contributed by atoms with Crippen molar-refractivity contribution in [2.75, 3.05) is 24.3 Å². The molecule has 122 valence electrons. The molecule has 0 aliphatic rings. The summed E-state index contributed by atoms with van der Waals surface area (Å²) < 4.78 is 5.24. The molecular formula is C17H22N4O2. The molecule has 6 nitrogen and oxygen atoms in total. The van der Waals surface area contributed by atoms with E-state index in [9.17, 15) is 4.79 Å². The molecule has 1 heterocycles. The van der Waals surface area contributed by atoms with Gasteiger partial charge >= 0.3 is 0 Å². The highest BCUT2D eigenvalue weighted by Gasteiger charge is 2.13. The number of benzene rings is 1. The number of aryl methyl sites for hydroxylation is 1. The number of methoxy groups -OCH3 is 1. The van der Waals surface area contributed by atoms with Crippen LogP contribution in [0.25, 0.3) is 0 Å². The van der Waals surface area contributed by atoms with E-state index < -0.39 is 0 Å². The second-order valence-corrected chi connectivity index (χ2v) is 5.15. The molecular weight excluding hydrogens is 292 g/mol. The molecule has 0 saturated carbocycles. The molecule has 1 aromatic heterocycles. The van der Waals surface area contributed by atoms with E-state index in [2.05, 4.69) is 27.5 Å². The lowest BCUT2D eigenvalue weighted by atomic mass is 10.2. The van der Waals surface area contributed by atoms with E-state index in [1.165, 1.54) is 0 Å². The number of hydrogen-bond donors (Lipinski definition) is 2. The molecule has 2 rings (SSSR count). The molecule has 0 aliphatic carbocycles. The van der Waals surface area contributed by atoms with E-state index in [1.54, 1.807) is 25.3 Å². The van der Waals surface area contributed by atoms with Crippen LogP contribution in [-0.2, 0) is 0 Å². The Kier molecular flexibility index (Phi) is 5.91. The van der Waals surface area contributed by atoms with Gasteiger partial charge in [-0.05, 0) is 31.5 Å². The molecule has 2 aromatic rings. The third-order valence-electron chi connectivity index (χ3n) is 3.26. The van der Waals surface area contributed by atoms with Crippen LogP contribution in [-0.4, -0.2) is 29.5 Å². The number of unbranched alkanes of at least 4 members (excludes halogenated alkanes) is 1. The lowest BCUT2D eigenvalue weighted by molar-refractivity contribution is 0.102. The Bertz CT molecular complexity index is 673. The summed E-state index contributed by atoms with van der Waals surface area (Å²) in [5.74, 6) is 0.787. The number of ether oxygens (including phenoxy) is 1. The van der Waals surface area contributed by atoms with Gasteiger partial charge in [-0.3, -0.25) is 4.79 Å². The van der Waals surface area contributed by atoms with E-state index in [1.807, 2.05) is 19.1 Å². The van der Waals surface area contributed by atoms with Crippen LogP contribution in [0.5, 0.6) is 5.75 Å². The second kappa shape index (κ2) is 8.12. The number of anilines is 2. The van der Waals surface area contributed by atoms with Crippen LogP contribution in [0.3, 0.4) is 0 Å². The Morgan fingerprint density at radius 1 is 1.26 bits per heavy atom. The average Bonchev–Trinajstić information content (AvgIpc) is 2.55. The second-order valence-electron chi connectivity index (χ2n) is 5.15. The van der Waals surface area contributed by atoms with Gasteiger partial charge in [-0.2, -0.15) is 0 Å². The fourth-order valence-corrected chi connectivity index (χ4v) is 2.08. The summed E-state index contributed by atoms with van der Waals surface area (Å²) in [5.41, 5.74) is 1.67. The van der Waals surface area contributed by atoms with Crippen LogP contribution in [0, 0.1) is 6.92 Å². The summed E-state index contributed by atoms with van der Waals surface area (Å²) in [5, 5.41) is 5.96. The van der Waals surface area contributed by atoms with Gasteiger partial charge in [0.2, 0.25) is 5.95 Å². The number of nitrogens with one attached hydrogen (secondary N) is 2. The number of rotatable bonds is 7. The summed E-state index contributed by atoms with van der Waals surface area (Å²) in [6.07, 6.45) is 2.11. The van der Waals surface area contributed by atoms with Crippen LogP contribution < -0.4 is 15.4 Å². The van der Waals surface area contributed by atoms with Gasteiger partial charge in [0.15, 0.2) is 0 Å². The number of nitrogens with zero attached hydrogens (tertiary/aromatic N) is 2. The standard InChI is InChI=1S/C17H22N4O2/c1-4-5-10-18-17-19-12(2)11-14(21-17)16(22)20-13-8-6-7-9-15(13)23-3/h6-9,11H,4-5,10H2,1-3H3,(H,20,22)(H,18,19,21). The molecule has 1 amide bonds. The first kappa shape index (κ1) is 16.7. The number of amides is 1. The largest absolute Gasteiger partial charge is 0.495 e. The Labute approximate surface area is 136 Å². The van der Waals surface area contributed by atoms with Gasteiger partial charge < -0.3 is 15.4 Å². The van der Waals surface area contributed by atoms with Crippen molar-refractivity contribution in [1.82, 2.24) is 9.97 Å². The first-order chi connectivity index (χ1) is 11.1. The number of hydrogen-bond acceptors (Lipinski definition) is 5. The summed E-state index contributed by atoms with van der Waals surface area (Å²) in [7, 11) is 1.57. The molecule has 0 atom stereocenters. The van der Waals surface area contributed by atoms with Gasteiger partial charge in [-0.1, -0.05) is 25.5 Å². The Hall–Kier alpha value is -2.63. The van der Waals surface area contributed by atoms with E-state index in [0.717, 1.165) is 25.1 Å². The zero-order chi connectivity index (χ0) is 16.7. The van der Waals surface area contributed by atoms with Crippen LogP contribution in [0.2, 0.25) is 0 Å². The minimum absolute atomic E-state index is 0.293. The fourth-order valence-electron chi connectivity index (χ4n) is 2.08. The van der Waals surface area contributed by atoms with Crippen LogP contribution >= 0.6 is 0 Å². The molecule has 0 fully saturated rings. The Morgan fingerprint density at radius 3 is 2.78 bits per heavy atom. The van der Waals surface area contributed by atoms with Crippen molar-refractivity contribution in [2.45, 2.75) is 26.7 Å². The molecule has 0 spiro atoms. The van der Waals surface area contributed by atoms with E-state index in [4.69, 9.17) is 4.74 Å². The maximum atomic E-state index is 12.4. The average molecular weight is 314 g/mol. The normalized spacial score (nSPS) is 10.2. The van der Waals surface area contributed by atoms with Gasteiger partial charge in [-0.25, -0.2) is 9.97 Å². The molecule has 0 unspecified atom stereocenters. The molecule has 0 radical (unpaired) electrons. The molecule has 0 saturated heterocycles. The topological polar surface area (TPSA) is 76.1 Å². The van der Waals surface area contributed by atoms with Crippen molar-refractivity contribution < 1.29 is 9.53 Å². The zero-order valence-corrected chi connectivity index (χ0v) is 13.7. The van der Waals surface area contributed by atoms with Gasteiger partial charge in [0.1, 0.15) is 11.4 Å². The quantitative estimate of drug-likeness (QED) is 0.767. The van der Waals surface area contributed by atoms with E-state index >= 15 is 0 Å². The number of para-hydroxylation sites is 2. The van der Waals surface area contributed by atoms with Crippen LogP contribution in [0.1, 0.15) is 35.9 Å². The smallest absolute Gasteiger partial charge is 0.274 e. The van der Waals surface area contributed by atoms with Crippen molar-refractivity contribution in [2.24, 2.45) is 0 Å². The lowest BCUT2D eigenvalue weighted by Crippen LogP contribution is -2.16. The van der Waals surface area contributed by atoms with Crippen LogP contribution in [0.4, 0.5) is 11.6 Å². The number of carbonyl (C=O) groups excluding carboxylic acids is 1. The molecule has 6 heteroatoms. The zero-order valence-electron chi connectivity index (χ0n) is 13.7. The highest BCUT2D eigenvalue weighted by atomic mass is 16.5. The minimum Gasteiger partial charge on any atom is -0.495 e. The highest BCUT2D eigenvalue weighted by molar-refractivity contribution is 6.03. The SMILES string of the molecule is CCCCNc1nc(C)cc(C(=O)Nc2ccccc2OC)n1. The summed E-state index contributed by atoms with van der Waals surface area (Å²) in [6.45, 7) is 4.74. The van der Waals surface area contributed by atoms with Crippen molar-refractivity contribution >= 4 is 17.5 Å². The Morgan fingerprint density at radius 2 is 2.04 bits per heavy atom. The number of carbonyl (C=O) groups is 1. The predicted molar refractivity (Wildman–Crippen MR) is 91.1 cm³/mol. The van der Waals surface area contributed by atoms with E-state index in [-0.39, 0.29) is 5.91 Å². The van der Waals surface area contributed by atoms with E-state index in [0.29, 0.717) is 23.1 Å². The highest BCUT2D eigenvalue weighted by Crippen LogP contribution is 2.23. The third kappa shape index (κ3) is 4.67. The van der Waals surface area contributed by atoms with Gasteiger partial charge in [-0.15, -0.1) is 0 Å². The van der Waals surface area contributed by atoms with Crippen molar-refractivity contribution in [3.05, 3.63) is 41.7 Å². The first-order valence-electron chi connectivity index (χ1n) is 7.68.